The standard InChI is InChI=1S/C17H20N2O2S.ClH/c1-12-10-18-8-9-19(12)17(21)7-6-15(20)14-11-22-16-5-3-2-4-13(14)16;/h2-5,11-12,18H,6-10H2,1H3;1H/t12-;/m0./s1. The van der Waals surface area contributed by atoms with Crippen LogP contribution in [0.15, 0.2) is 29.6 Å². The second-order valence-corrected chi connectivity index (χ2v) is 6.62. The fraction of sp³-hybridized carbons (Fsp3) is 0.412. The molecule has 1 atom stereocenters. The highest BCUT2D eigenvalue weighted by Crippen LogP contribution is 2.27. The van der Waals surface area contributed by atoms with Gasteiger partial charge in [-0.3, -0.25) is 9.59 Å². The van der Waals surface area contributed by atoms with Gasteiger partial charge in [-0.15, -0.1) is 23.7 Å². The number of nitrogens with one attached hydrogen (secondary N) is 1. The maximum absolute atomic E-state index is 12.4. The minimum Gasteiger partial charge on any atom is -0.337 e. The van der Waals surface area contributed by atoms with Gasteiger partial charge in [-0.25, -0.2) is 0 Å². The van der Waals surface area contributed by atoms with Gasteiger partial charge in [0.15, 0.2) is 5.78 Å². The fourth-order valence-electron chi connectivity index (χ4n) is 2.90. The van der Waals surface area contributed by atoms with Crippen LogP contribution in [0.4, 0.5) is 0 Å². The topological polar surface area (TPSA) is 49.4 Å². The Morgan fingerprint density at radius 1 is 1.30 bits per heavy atom. The highest BCUT2D eigenvalue weighted by molar-refractivity contribution is 7.17. The molecule has 0 aliphatic carbocycles. The van der Waals surface area contributed by atoms with Crippen molar-refractivity contribution in [2.24, 2.45) is 0 Å². The van der Waals surface area contributed by atoms with Gasteiger partial charge in [-0.2, -0.15) is 0 Å². The summed E-state index contributed by atoms with van der Waals surface area (Å²) >= 11 is 1.58. The molecular weight excluding hydrogens is 332 g/mol. The van der Waals surface area contributed by atoms with E-state index in [1.54, 1.807) is 11.3 Å². The van der Waals surface area contributed by atoms with Crippen molar-refractivity contribution >= 4 is 45.5 Å². The van der Waals surface area contributed by atoms with Crippen molar-refractivity contribution in [2.45, 2.75) is 25.8 Å². The van der Waals surface area contributed by atoms with Crippen LogP contribution in [0.3, 0.4) is 0 Å². The lowest BCUT2D eigenvalue weighted by Gasteiger charge is -2.34. The number of halogens is 1. The number of thiophene rings is 1. The van der Waals surface area contributed by atoms with Crippen LogP contribution in [0.1, 0.15) is 30.1 Å². The van der Waals surface area contributed by atoms with E-state index >= 15 is 0 Å². The van der Waals surface area contributed by atoms with Crippen molar-refractivity contribution in [3.8, 4) is 0 Å². The first-order valence-corrected chi connectivity index (χ1v) is 8.54. The van der Waals surface area contributed by atoms with E-state index in [4.69, 9.17) is 0 Å². The van der Waals surface area contributed by atoms with Crippen molar-refractivity contribution in [2.75, 3.05) is 19.6 Å². The van der Waals surface area contributed by atoms with E-state index < -0.39 is 0 Å². The minimum absolute atomic E-state index is 0. The number of hydrogen-bond donors (Lipinski definition) is 1. The first-order chi connectivity index (χ1) is 10.7. The third-order valence-corrected chi connectivity index (χ3v) is 5.13. The second-order valence-electron chi connectivity index (χ2n) is 5.71. The highest BCUT2D eigenvalue weighted by atomic mass is 35.5. The SMILES string of the molecule is C[C@H]1CNCCN1C(=O)CCC(=O)c1csc2ccccc12.Cl. The molecule has 1 aliphatic rings. The average Bonchev–Trinajstić information content (AvgIpc) is 2.97. The molecule has 1 N–H and O–H groups in total. The predicted octanol–water partition coefficient (Wildman–Crippen LogP) is 3.11. The van der Waals surface area contributed by atoms with Crippen molar-refractivity contribution < 1.29 is 9.59 Å². The van der Waals surface area contributed by atoms with Crippen molar-refractivity contribution in [1.82, 2.24) is 10.2 Å². The number of benzene rings is 1. The van der Waals surface area contributed by atoms with Gasteiger partial charge in [0, 0.05) is 59.5 Å². The highest BCUT2D eigenvalue weighted by Gasteiger charge is 2.23. The molecule has 1 amide bonds. The molecule has 1 saturated heterocycles. The first-order valence-electron chi connectivity index (χ1n) is 7.66. The summed E-state index contributed by atoms with van der Waals surface area (Å²) in [5.74, 6) is 0.149. The van der Waals surface area contributed by atoms with E-state index in [0.29, 0.717) is 6.42 Å². The molecule has 1 aromatic carbocycles. The van der Waals surface area contributed by atoms with E-state index in [2.05, 4.69) is 5.32 Å². The molecule has 6 heteroatoms. The van der Waals surface area contributed by atoms with Gasteiger partial charge in [0.2, 0.25) is 5.91 Å². The summed E-state index contributed by atoms with van der Waals surface area (Å²) in [6, 6.07) is 8.11. The van der Waals surface area contributed by atoms with Gasteiger partial charge >= 0.3 is 0 Å². The summed E-state index contributed by atoms with van der Waals surface area (Å²) in [6.45, 7) is 4.43. The van der Waals surface area contributed by atoms with Crippen LogP contribution in [0.2, 0.25) is 0 Å². The van der Waals surface area contributed by atoms with Crippen molar-refractivity contribution in [1.29, 1.82) is 0 Å². The molecule has 0 spiro atoms. The molecule has 0 unspecified atom stereocenters. The largest absolute Gasteiger partial charge is 0.337 e. The molecule has 1 fully saturated rings. The average molecular weight is 353 g/mol. The molecule has 124 valence electrons. The van der Waals surface area contributed by atoms with Crippen LogP contribution in [0.5, 0.6) is 0 Å². The lowest BCUT2D eigenvalue weighted by atomic mass is 10.0. The molecule has 0 saturated carbocycles. The molecule has 2 heterocycles. The third-order valence-electron chi connectivity index (χ3n) is 4.17. The Morgan fingerprint density at radius 3 is 2.87 bits per heavy atom. The summed E-state index contributed by atoms with van der Waals surface area (Å²) in [4.78, 5) is 26.6. The van der Waals surface area contributed by atoms with Gasteiger partial charge in [0.05, 0.1) is 0 Å². The monoisotopic (exact) mass is 352 g/mol. The number of carbonyl (C=O) groups is 2. The van der Waals surface area contributed by atoms with Crippen LogP contribution >= 0.6 is 23.7 Å². The maximum atomic E-state index is 12.4. The maximum Gasteiger partial charge on any atom is 0.223 e. The van der Waals surface area contributed by atoms with E-state index in [0.717, 1.165) is 35.3 Å². The Hall–Kier alpha value is -1.43. The summed E-state index contributed by atoms with van der Waals surface area (Å²) in [7, 11) is 0. The van der Waals surface area contributed by atoms with Gasteiger partial charge < -0.3 is 10.2 Å². The summed E-state index contributed by atoms with van der Waals surface area (Å²) in [5.41, 5.74) is 0.752. The number of rotatable bonds is 4. The fourth-order valence-corrected chi connectivity index (χ4v) is 3.87. The molecule has 0 bridgehead atoms. The molecule has 4 nitrogen and oxygen atoms in total. The number of nitrogens with zero attached hydrogens (tertiary/aromatic N) is 1. The Kier molecular flexibility index (Phi) is 6.16. The molecule has 2 aromatic rings. The summed E-state index contributed by atoms with van der Waals surface area (Å²) in [5, 5.41) is 6.18. The summed E-state index contributed by atoms with van der Waals surface area (Å²) in [6.07, 6.45) is 0.587. The smallest absolute Gasteiger partial charge is 0.223 e. The number of carbonyl (C=O) groups excluding carboxylic acids is 2. The van der Waals surface area contributed by atoms with Gasteiger partial charge in [0.1, 0.15) is 0 Å². The van der Waals surface area contributed by atoms with Crippen LogP contribution in [-0.2, 0) is 4.79 Å². The Balaban J connectivity index is 0.00000192. The normalized spacial score (nSPS) is 17.8. The molecular formula is C17H21ClN2O2S. The molecule has 1 aromatic heterocycles. The third kappa shape index (κ3) is 3.91. The Labute approximate surface area is 146 Å². The van der Waals surface area contributed by atoms with Gasteiger partial charge in [-0.1, -0.05) is 18.2 Å². The van der Waals surface area contributed by atoms with E-state index in [9.17, 15) is 9.59 Å². The number of hydrogen-bond acceptors (Lipinski definition) is 4. The number of piperazine rings is 1. The Bertz CT molecular complexity index is 701. The Morgan fingerprint density at radius 2 is 2.09 bits per heavy atom. The number of ketones is 1. The van der Waals surface area contributed by atoms with Crippen molar-refractivity contribution in [3.05, 3.63) is 35.2 Å². The van der Waals surface area contributed by atoms with Gasteiger partial charge in [-0.05, 0) is 13.0 Å². The minimum atomic E-state index is 0. The van der Waals surface area contributed by atoms with Crippen LogP contribution in [-0.4, -0.2) is 42.3 Å². The summed E-state index contributed by atoms with van der Waals surface area (Å²) < 4.78 is 1.12. The first kappa shape index (κ1) is 17.9. The van der Waals surface area contributed by atoms with Crippen LogP contribution < -0.4 is 5.32 Å². The van der Waals surface area contributed by atoms with E-state index in [1.807, 2.05) is 41.5 Å². The van der Waals surface area contributed by atoms with Gasteiger partial charge in [0.25, 0.3) is 0 Å². The van der Waals surface area contributed by atoms with Crippen LogP contribution in [0.25, 0.3) is 10.1 Å². The van der Waals surface area contributed by atoms with E-state index in [-0.39, 0.29) is 36.6 Å². The van der Waals surface area contributed by atoms with Crippen LogP contribution in [0, 0.1) is 0 Å². The zero-order valence-electron chi connectivity index (χ0n) is 13.1. The van der Waals surface area contributed by atoms with Crippen molar-refractivity contribution in [3.63, 3.8) is 0 Å². The lowest BCUT2D eigenvalue weighted by Crippen LogP contribution is -2.52. The second kappa shape index (κ2) is 7.90. The number of fused-ring (bicyclic) bond motifs is 1. The zero-order chi connectivity index (χ0) is 15.5. The molecule has 0 radical (unpaired) electrons. The predicted molar refractivity (Wildman–Crippen MR) is 96.7 cm³/mol. The molecule has 3 rings (SSSR count). The number of amides is 1. The zero-order valence-corrected chi connectivity index (χ0v) is 14.7. The number of Topliss-reactive ketones (excluding diaryl/α,β-unsaturated/α-hetero) is 1. The van der Waals surface area contributed by atoms with E-state index in [1.165, 1.54) is 0 Å². The molecule has 23 heavy (non-hydrogen) atoms. The lowest BCUT2D eigenvalue weighted by molar-refractivity contribution is -0.133. The quantitative estimate of drug-likeness (QED) is 0.860. The molecule has 1 aliphatic heterocycles.